The second kappa shape index (κ2) is 4.19. The molecule has 2 N–H and O–H groups in total. The minimum absolute atomic E-state index is 0.146. The fraction of sp³-hybridized carbons (Fsp3) is 0.273. The van der Waals surface area contributed by atoms with Crippen LogP contribution in [0.5, 0.6) is 0 Å². The zero-order valence-electron chi connectivity index (χ0n) is 9.16. The van der Waals surface area contributed by atoms with Crippen LogP contribution in [-0.2, 0) is 9.59 Å². The average Bonchev–Trinajstić information content (AvgIpc) is 3.01. The fourth-order valence-corrected chi connectivity index (χ4v) is 3.04. The van der Waals surface area contributed by atoms with Gasteiger partial charge in [-0.15, -0.1) is 0 Å². The van der Waals surface area contributed by atoms with Crippen LogP contribution in [0.25, 0.3) is 0 Å². The van der Waals surface area contributed by atoms with Crippen molar-refractivity contribution in [1.29, 1.82) is 0 Å². The SMILES string of the molecule is O=C(O)[C@H]1C[C@H]1C(=O)Nc1cccc2c1N=[Se]=N2. The van der Waals surface area contributed by atoms with Crippen LogP contribution < -0.4 is 5.32 Å². The Morgan fingerprint density at radius 3 is 2.89 bits per heavy atom. The molecular formula is C11H9N3O3Se. The van der Waals surface area contributed by atoms with Crippen LogP contribution in [0, 0.1) is 11.8 Å². The van der Waals surface area contributed by atoms with Gasteiger partial charge in [-0.3, -0.25) is 0 Å². The number of carboxylic acids is 1. The molecule has 0 radical (unpaired) electrons. The maximum atomic E-state index is 11.8. The monoisotopic (exact) mass is 311 g/mol. The van der Waals surface area contributed by atoms with E-state index in [4.69, 9.17) is 5.11 Å². The number of carbonyl (C=O) groups is 2. The van der Waals surface area contributed by atoms with Crippen molar-refractivity contribution in [1.82, 2.24) is 0 Å². The third-order valence-corrected chi connectivity index (χ3v) is 4.13. The van der Waals surface area contributed by atoms with Gasteiger partial charge in [0.15, 0.2) is 0 Å². The number of carboxylic acid groups (broad SMARTS) is 1. The third kappa shape index (κ3) is 1.91. The summed E-state index contributed by atoms with van der Waals surface area (Å²) in [5.41, 5.74) is 2.12. The molecule has 1 aromatic carbocycles. The molecule has 1 aliphatic carbocycles. The van der Waals surface area contributed by atoms with Gasteiger partial charge in [-0.2, -0.15) is 0 Å². The molecule has 92 valence electrons. The molecule has 7 heteroatoms. The summed E-state index contributed by atoms with van der Waals surface area (Å²) in [4.78, 5) is 22.6. The van der Waals surface area contributed by atoms with Crippen LogP contribution >= 0.6 is 0 Å². The molecule has 2 aliphatic rings. The predicted octanol–water partition coefficient (Wildman–Crippen LogP) is 1.69. The van der Waals surface area contributed by atoms with Crippen LogP contribution in [0.2, 0.25) is 0 Å². The molecule has 2 atom stereocenters. The van der Waals surface area contributed by atoms with E-state index >= 15 is 0 Å². The average molecular weight is 310 g/mol. The molecule has 1 heterocycles. The summed E-state index contributed by atoms with van der Waals surface area (Å²) < 4.78 is 8.47. The Balaban J connectivity index is 1.75. The van der Waals surface area contributed by atoms with E-state index in [0.29, 0.717) is 17.8 Å². The molecule has 0 spiro atoms. The van der Waals surface area contributed by atoms with E-state index in [-0.39, 0.29) is 20.5 Å². The first-order valence-corrected chi connectivity index (χ1v) is 6.95. The zero-order chi connectivity index (χ0) is 12.7. The van der Waals surface area contributed by atoms with Gasteiger partial charge in [-0.05, 0) is 0 Å². The molecule has 0 unspecified atom stereocenters. The molecule has 1 amide bonds. The van der Waals surface area contributed by atoms with E-state index in [9.17, 15) is 9.59 Å². The second-order valence-electron chi connectivity index (χ2n) is 4.21. The van der Waals surface area contributed by atoms with Crippen LogP contribution in [0.4, 0.5) is 17.1 Å². The number of amides is 1. The summed E-state index contributed by atoms with van der Waals surface area (Å²) in [6.07, 6.45) is 0.418. The molecule has 1 aromatic rings. The molecule has 1 saturated carbocycles. The number of aliphatic carboxylic acids is 1. The van der Waals surface area contributed by atoms with Crippen molar-refractivity contribution in [3.63, 3.8) is 0 Å². The van der Waals surface area contributed by atoms with E-state index in [1.165, 1.54) is 0 Å². The van der Waals surface area contributed by atoms with E-state index in [1.807, 2.05) is 6.07 Å². The summed E-state index contributed by atoms with van der Waals surface area (Å²) in [6.45, 7) is 0. The molecule has 0 bridgehead atoms. The van der Waals surface area contributed by atoms with Gasteiger partial charge in [0.05, 0.1) is 0 Å². The number of anilines is 1. The van der Waals surface area contributed by atoms with Gasteiger partial charge >= 0.3 is 108 Å². The molecular weight excluding hydrogens is 301 g/mol. The number of benzene rings is 1. The Labute approximate surface area is 108 Å². The van der Waals surface area contributed by atoms with Crippen LogP contribution in [0.15, 0.2) is 26.1 Å². The van der Waals surface area contributed by atoms with Crippen molar-refractivity contribution in [2.75, 3.05) is 5.32 Å². The van der Waals surface area contributed by atoms with Crippen LogP contribution in [-0.4, -0.2) is 31.6 Å². The quantitative estimate of drug-likeness (QED) is 0.845. The summed E-state index contributed by atoms with van der Waals surface area (Å²) in [6, 6.07) is 5.41. The van der Waals surface area contributed by atoms with Gasteiger partial charge in [0.25, 0.3) is 0 Å². The molecule has 0 aromatic heterocycles. The first-order valence-electron chi connectivity index (χ1n) is 5.42. The summed E-state index contributed by atoms with van der Waals surface area (Å²) in [7, 11) is 0. The van der Waals surface area contributed by atoms with Crippen LogP contribution in [0.1, 0.15) is 6.42 Å². The molecule has 1 fully saturated rings. The number of fused-ring (bicyclic) bond motifs is 1. The standard InChI is InChI=1S/C11H9N3O3Se/c15-10(5-4-6(5)11(16)17)12-7-2-1-3-8-9(7)14-18-13-8/h1-3,5-6H,4H2,(H,12,15)(H,16,17)/t5-,6+/m1/s1. The Kier molecular flexibility index (Phi) is 2.65. The number of hydrogen-bond acceptors (Lipinski definition) is 4. The molecule has 1 aliphatic heterocycles. The molecule has 0 saturated heterocycles. The van der Waals surface area contributed by atoms with Gasteiger partial charge in [-0.25, -0.2) is 0 Å². The van der Waals surface area contributed by atoms with E-state index in [2.05, 4.69) is 13.2 Å². The number of nitrogens with zero attached hydrogens (tertiary/aromatic N) is 2. The normalized spacial score (nSPS) is 23.1. The van der Waals surface area contributed by atoms with Crippen molar-refractivity contribution in [2.45, 2.75) is 6.42 Å². The molecule has 6 nitrogen and oxygen atoms in total. The van der Waals surface area contributed by atoms with Gasteiger partial charge in [-0.1, -0.05) is 0 Å². The van der Waals surface area contributed by atoms with Gasteiger partial charge in [0.2, 0.25) is 0 Å². The Morgan fingerprint density at radius 1 is 1.33 bits per heavy atom. The number of hydrogen-bond donors (Lipinski definition) is 2. The van der Waals surface area contributed by atoms with Crippen molar-refractivity contribution in [3.05, 3.63) is 18.2 Å². The molecule has 3 rings (SSSR count). The maximum absolute atomic E-state index is 11.8. The Bertz CT molecular complexity index is 622. The summed E-state index contributed by atoms with van der Waals surface area (Å²) >= 11 is -0.146. The molecule has 18 heavy (non-hydrogen) atoms. The minimum atomic E-state index is -0.906. The van der Waals surface area contributed by atoms with Gasteiger partial charge < -0.3 is 0 Å². The summed E-state index contributed by atoms with van der Waals surface area (Å²) in [5, 5.41) is 11.5. The zero-order valence-corrected chi connectivity index (χ0v) is 10.9. The first kappa shape index (κ1) is 11.4. The topological polar surface area (TPSA) is 91.1 Å². The van der Waals surface area contributed by atoms with Crippen molar-refractivity contribution >= 4 is 43.5 Å². The van der Waals surface area contributed by atoms with Gasteiger partial charge in [0, 0.05) is 0 Å². The first-order chi connectivity index (χ1) is 8.66. The van der Waals surface area contributed by atoms with E-state index in [1.54, 1.807) is 12.1 Å². The van der Waals surface area contributed by atoms with E-state index < -0.39 is 17.8 Å². The Hall–Kier alpha value is -1.72. The fourth-order valence-electron chi connectivity index (χ4n) is 1.89. The third-order valence-electron chi connectivity index (χ3n) is 2.99. The van der Waals surface area contributed by atoms with Crippen molar-refractivity contribution in [3.8, 4) is 0 Å². The summed E-state index contributed by atoms with van der Waals surface area (Å²) in [5.74, 6) is -2.10. The second-order valence-corrected chi connectivity index (χ2v) is 5.32. The van der Waals surface area contributed by atoms with Crippen molar-refractivity contribution in [2.24, 2.45) is 19.8 Å². The number of nitrogens with one attached hydrogen (secondary N) is 1. The number of rotatable bonds is 3. The predicted molar refractivity (Wildman–Crippen MR) is 64.2 cm³/mol. The Morgan fingerprint density at radius 2 is 2.17 bits per heavy atom. The van der Waals surface area contributed by atoms with Crippen LogP contribution in [0.3, 0.4) is 0 Å². The van der Waals surface area contributed by atoms with E-state index in [0.717, 1.165) is 5.69 Å². The van der Waals surface area contributed by atoms with Crippen molar-refractivity contribution < 1.29 is 14.7 Å². The number of carbonyl (C=O) groups excluding carboxylic acids is 1. The van der Waals surface area contributed by atoms with Gasteiger partial charge in [0.1, 0.15) is 0 Å².